The number of carboxylic acid groups (broad SMARTS) is 2. The third-order valence-electron chi connectivity index (χ3n) is 5.77. The smallest absolute Gasteiger partial charge is 0.326 e. The lowest BCUT2D eigenvalue weighted by atomic mass is 9.95. The second-order valence-corrected chi connectivity index (χ2v) is 9.76. The summed E-state index contributed by atoms with van der Waals surface area (Å²) in [6, 6.07) is 3.69. The van der Waals surface area contributed by atoms with Crippen LogP contribution in [-0.4, -0.2) is 40.1 Å². The maximum Gasteiger partial charge on any atom is 0.326 e. The van der Waals surface area contributed by atoms with E-state index in [1.165, 1.54) is 11.3 Å². The zero-order valence-electron chi connectivity index (χ0n) is 19.4. The summed E-state index contributed by atoms with van der Waals surface area (Å²) in [5.41, 5.74) is 3.58. The van der Waals surface area contributed by atoms with Crippen molar-refractivity contribution in [2.45, 2.75) is 64.8 Å². The minimum atomic E-state index is -1.58. The van der Waals surface area contributed by atoms with E-state index in [0.717, 1.165) is 40.8 Å². The van der Waals surface area contributed by atoms with Gasteiger partial charge in [-0.15, -0.1) is 11.3 Å². The van der Waals surface area contributed by atoms with Crippen molar-refractivity contribution >= 4 is 45.9 Å². The van der Waals surface area contributed by atoms with Crippen molar-refractivity contribution in [1.82, 2.24) is 5.32 Å². The van der Waals surface area contributed by atoms with E-state index in [1.54, 1.807) is 0 Å². The molecule has 1 aliphatic rings. The molecule has 0 unspecified atom stereocenters. The molecule has 0 saturated heterocycles. The van der Waals surface area contributed by atoms with Crippen LogP contribution in [0.25, 0.3) is 0 Å². The van der Waals surface area contributed by atoms with Crippen LogP contribution < -0.4 is 16.0 Å². The van der Waals surface area contributed by atoms with Crippen LogP contribution in [0.5, 0.6) is 0 Å². The van der Waals surface area contributed by atoms with Gasteiger partial charge in [-0.25, -0.2) is 9.59 Å². The molecular formula is C24H29N3O6S. The van der Waals surface area contributed by atoms with Crippen molar-refractivity contribution in [3.63, 3.8) is 0 Å². The number of para-hydroxylation sites is 1. The molecule has 2 aromatic rings. The number of hydrogen-bond donors (Lipinski definition) is 5. The summed E-state index contributed by atoms with van der Waals surface area (Å²) in [6.07, 6.45) is 2.47. The van der Waals surface area contributed by atoms with Gasteiger partial charge in [0.15, 0.2) is 0 Å². The number of carbonyl (C=O) groups is 4. The summed E-state index contributed by atoms with van der Waals surface area (Å²) in [7, 11) is 0. The molecule has 0 radical (unpaired) electrons. The molecular weight excluding hydrogens is 458 g/mol. The SMILES string of the molecule is Cc1cccc(C(C)C)c1NC(=O)Nc1sc2c(c1C(=O)N[C@@H](CC(=O)O)C(=O)O)CCCC2. The standard InChI is InChI=1S/C24H29N3O6S/c1-12(2)14-9-6-7-13(3)20(14)26-24(33)27-22-19(15-8-4-5-10-17(15)34-22)21(30)25-16(23(31)32)11-18(28)29/h6-7,9,12,16H,4-5,8,10-11H2,1-3H3,(H,25,30)(H,28,29)(H,31,32)(H2,26,27,33)/t16-/m0/s1. The molecule has 1 aromatic heterocycles. The fraction of sp³-hybridized carbons (Fsp3) is 0.417. The molecule has 0 aliphatic heterocycles. The van der Waals surface area contributed by atoms with Crippen LogP contribution in [0, 0.1) is 6.92 Å². The van der Waals surface area contributed by atoms with E-state index in [1.807, 2.05) is 39.0 Å². The van der Waals surface area contributed by atoms with Crippen LogP contribution in [0.3, 0.4) is 0 Å². The number of hydrogen-bond acceptors (Lipinski definition) is 5. The number of aliphatic carboxylic acids is 2. The van der Waals surface area contributed by atoms with Gasteiger partial charge in [0.2, 0.25) is 0 Å². The lowest BCUT2D eigenvalue weighted by Gasteiger charge is -2.18. The van der Waals surface area contributed by atoms with Crippen molar-refractivity contribution in [2.75, 3.05) is 10.6 Å². The Morgan fingerprint density at radius 3 is 2.41 bits per heavy atom. The van der Waals surface area contributed by atoms with Gasteiger partial charge < -0.3 is 20.8 Å². The molecule has 0 saturated carbocycles. The van der Waals surface area contributed by atoms with Crippen LogP contribution in [0.15, 0.2) is 18.2 Å². The fourth-order valence-electron chi connectivity index (χ4n) is 4.09. The first-order chi connectivity index (χ1) is 16.1. The van der Waals surface area contributed by atoms with Crippen molar-refractivity contribution in [1.29, 1.82) is 0 Å². The molecule has 3 rings (SSSR count). The van der Waals surface area contributed by atoms with E-state index >= 15 is 0 Å². The summed E-state index contributed by atoms with van der Waals surface area (Å²) in [4.78, 5) is 49.5. The van der Waals surface area contributed by atoms with Crippen molar-refractivity contribution in [2.24, 2.45) is 0 Å². The molecule has 1 aliphatic carbocycles. The Labute approximate surface area is 201 Å². The Morgan fingerprint density at radius 2 is 1.76 bits per heavy atom. The average Bonchev–Trinajstić information content (AvgIpc) is 3.11. The van der Waals surface area contributed by atoms with E-state index < -0.39 is 36.3 Å². The quantitative estimate of drug-likeness (QED) is 0.374. The van der Waals surface area contributed by atoms with Crippen LogP contribution in [0.2, 0.25) is 0 Å². The molecule has 0 bridgehead atoms. The van der Waals surface area contributed by atoms with Gasteiger partial charge in [-0.05, 0) is 55.2 Å². The number of rotatable bonds is 8. The Morgan fingerprint density at radius 1 is 1.06 bits per heavy atom. The largest absolute Gasteiger partial charge is 0.481 e. The van der Waals surface area contributed by atoms with Gasteiger partial charge in [0.1, 0.15) is 11.0 Å². The summed E-state index contributed by atoms with van der Waals surface area (Å²) in [5, 5.41) is 26.6. The molecule has 0 fully saturated rings. The molecule has 1 aromatic carbocycles. The zero-order chi connectivity index (χ0) is 25.0. The van der Waals surface area contributed by atoms with E-state index in [4.69, 9.17) is 5.11 Å². The second-order valence-electron chi connectivity index (χ2n) is 8.65. The van der Waals surface area contributed by atoms with E-state index in [-0.39, 0.29) is 11.5 Å². The van der Waals surface area contributed by atoms with Crippen LogP contribution in [-0.2, 0) is 22.4 Å². The van der Waals surface area contributed by atoms with E-state index in [0.29, 0.717) is 17.1 Å². The number of anilines is 2. The lowest BCUT2D eigenvalue weighted by Crippen LogP contribution is -2.42. The Kier molecular flexibility index (Phi) is 7.93. The molecule has 5 N–H and O–H groups in total. The number of carboxylic acids is 2. The zero-order valence-corrected chi connectivity index (χ0v) is 20.2. The molecule has 0 spiro atoms. The van der Waals surface area contributed by atoms with Gasteiger partial charge in [-0.3, -0.25) is 14.9 Å². The number of aryl methyl sites for hydroxylation is 2. The van der Waals surface area contributed by atoms with E-state index in [2.05, 4.69) is 16.0 Å². The van der Waals surface area contributed by atoms with Crippen LogP contribution in [0.4, 0.5) is 15.5 Å². The Balaban J connectivity index is 1.89. The average molecular weight is 488 g/mol. The highest BCUT2D eigenvalue weighted by Crippen LogP contribution is 2.38. The summed E-state index contributed by atoms with van der Waals surface area (Å²) < 4.78 is 0. The molecule has 1 heterocycles. The Bertz CT molecular complexity index is 1120. The first-order valence-corrected chi connectivity index (χ1v) is 12.0. The molecule has 9 nitrogen and oxygen atoms in total. The highest BCUT2D eigenvalue weighted by atomic mass is 32.1. The first kappa shape index (κ1) is 25.2. The Hall–Kier alpha value is -3.40. The predicted molar refractivity (Wildman–Crippen MR) is 130 cm³/mol. The third kappa shape index (κ3) is 5.74. The highest BCUT2D eigenvalue weighted by molar-refractivity contribution is 7.17. The van der Waals surface area contributed by atoms with Crippen molar-refractivity contribution in [3.8, 4) is 0 Å². The van der Waals surface area contributed by atoms with Crippen molar-refractivity contribution < 1.29 is 29.4 Å². The minimum absolute atomic E-state index is 0.188. The molecule has 3 amide bonds. The number of amides is 3. The fourth-order valence-corrected chi connectivity index (χ4v) is 5.37. The number of carbonyl (C=O) groups excluding carboxylic acids is 2. The van der Waals surface area contributed by atoms with Gasteiger partial charge in [-0.1, -0.05) is 32.0 Å². The first-order valence-electron chi connectivity index (χ1n) is 11.2. The summed E-state index contributed by atoms with van der Waals surface area (Å²) in [5.74, 6) is -3.29. The molecule has 182 valence electrons. The monoisotopic (exact) mass is 487 g/mol. The van der Waals surface area contributed by atoms with E-state index in [9.17, 15) is 24.3 Å². The minimum Gasteiger partial charge on any atom is -0.481 e. The highest BCUT2D eigenvalue weighted by Gasteiger charge is 2.30. The van der Waals surface area contributed by atoms with Gasteiger partial charge in [0.05, 0.1) is 12.0 Å². The van der Waals surface area contributed by atoms with Crippen LogP contribution in [0.1, 0.15) is 71.0 Å². The number of fused-ring (bicyclic) bond motifs is 1. The molecule has 34 heavy (non-hydrogen) atoms. The van der Waals surface area contributed by atoms with Gasteiger partial charge in [-0.2, -0.15) is 0 Å². The maximum absolute atomic E-state index is 13.1. The van der Waals surface area contributed by atoms with Gasteiger partial charge >= 0.3 is 18.0 Å². The molecule has 1 atom stereocenters. The number of thiophene rings is 1. The number of nitrogens with one attached hydrogen (secondary N) is 3. The van der Waals surface area contributed by atoms with Gasteiger partial charge in [0, 0.05) is 10.6 Å². The maximum atomic E-state index is 13.1. The predicted octanol–water partition coefficient (Wildman–Crippen LogP) is 4.36. The summed E-state index contributed by atoms with van der Waals surface area (Å²) >= 11 is 1.30. The molecule has 10 heteroatoms. The topological polar surface area (TPSA) is 145 Å². The third-order valence-corrected chi connectivity index (χ3v) is 6.98. The second kappa shape index (κ2) is 10.7. The van der Waals surface area contributed by atoms with Crippen molar-refractivity contribution in [3.05, 3.63) is 45.3 Å². The normalized spacial score (nSPS) is 13.6. The number of urea groups is 1. The lowest BCUT2D eigenvalue weighted by molar-refractivity contribution is -0.145. The van der Waals surface area contributed by atoms with Crippen LogP contribution >= 0.6 is 11.3 Å². The summed E-state index contributed by atoms with van der Waals surface area (Å²) in [6.45, 7) is 5.96. The number of benzene rings is 1. The van der Waals surface area contributed by atoms with Gasteiger partial charge in [0.25, 0.3) is 5.91 Å².